The van der Waals surface area contributed by atoms with Gasteiger partial charge in [-0.15, -0.1) is 0 Å². The van der Waals surface area contributed by atoms with E-state index in [1.165, 1.54) is 0 Å². The Kier molecular flexibility index (Phi) is 10.6. The van der Waals surface area contributed by atoms with E-state index < -0.39 is 7.82 Å². The van der Waals surface area contributed by atoms with Crippen molar-refractivity contribution >= 4 is 7.82 Å². The van der Waals surface area contributed by atoms with Gasteiger partial charge in [-0.2, -0.15) is 0 Å². The van der Waals surface area contributed by atoms with Gasteiger partial charge < -0.3 is 4.52 Å². The van der Waals surface area contributed by atoms with Crippen LogP contribution < -0.4 is 4.52 Å². The van der Waals surface area contributed by atoms with Crippen LogP contribution in [0.1, 0.15) is 86.6 Å². The molecule has 0 aliphatic heterocycles. The van der Waals surface area contributed by atoms with E-state index in [0.29, 0.717) is 19.0 Å². The van der Waals surface area contributed by atoms with Gasteiger partial charge in [0.2, 0.25) is 0 Å². The molecule has 2 unspecified atom stereocenters. The van der Waals surface area contributed by atoms with Crippen molar-refractivity contribution in [1.29, 1.82) is 0 Å². The molecule has 1 aromatic carbocycles. The van der Waals surface area contributed by atoms with Crippen LogP contribution in [0.4, 0.5) is 0 Å². The minimum Gasteiger partial charge on any atom is -0.404 e. The predicted octanol–water partition coefficient (Wildman–Crippen LogP) is 8.44. The molecule has 0 aliphatic rings. The van der Waals surface area contributed by atoms with Gasteiger partial charge >= 0.3 is 7.82 Å². The Morgan fingerprint density at radius 2 is 1.20 bits per heavy atom. The number of phosphoric ester groups is 1. The van der Waals surface area contributed by atoms with Crippen LogP contribution in [0.3, 0.4) is 0 Å². The van der Waals surface area contributed by atoms with Crippen molar-refractivity contribution in [3.05, 3.63) is 29.8 Å². The van der Waals surface area contributed by atoms with Crippen LogP contribution in [0.25, 0.3) is 0 Å². The molecule has 0 bridgehead atoms. The quantitative estimate of drug-likeness (QED) is 0.306. The van der Waals surface area contributed by atoms with Crippen molar-refractivity contribution in [2.24, 2.45) is 22.7 Å². The SMILES string of the molecule is Cc1ccc(OP(=O)(OCC(C)CCC(C)(C)C)OCC(C)CCC(C)(C)C)cc1. The lowest BCUT2D eigenvalue weighted by Gasteiger charge is -2.25. The molecule has 0 radical (unpaired) electrons. The number of aryl methyl sites for hydroxylation is 1. The van der Waals surface area contributed by atoms with Gasteiger partial charge in [-0.1, -0.05) is 73.1 Å². The maximum atomic E-state index is 13.4. The number of rotatable bonds is 12. The van der Waals surface area contributed by atoms with Gasteiger partial charge in [0.1, 0.15) is 5.75 Å². The Morgan fingerprint density at radius 1 is 0.800 bits per heavy atom. The molecule has 1 rings (SSSR count). The fourth-order valence-corrected chi connectivity index (χ4v) is 4.21. The molecule has 0 saturated heterocycles. The lowest BCUT2D eigenvalue weighted by Crippen LogP contribution is -2.15. The summed E-state index contributed by atoms with van der Waals surface area (Å²) in [5.74, 6) is 1.07. The minimum absolute atomic E-state index is 0.273. The first-order valence-corrected chi connectivity index (χ1v) is 12.8. The summed E-state index contributed by atoms with van der Waals surface area (Å²) in [4.78, 5) is 0. The van der Waals surface area contributed by atoms with E-state index in [0.717, 1.165) is 31.2 Å². The summed E-state index contributed by atoms with van der Waals surface area (Å²) in [6, 6.07) is 7.47. The molecule has 5 heteroatoms. The molecule has 1 aromatic rings. The number of hydrogen-bond donors (Lipinski definition) is 0. The summed E-state index contributed by atoms with van der Waals surface area (Å²) in [6.45, 7) is 20.3. The van der Waals surface area contributed by atoms with Crippen LogP contribution in [-0.2, 0) is 13.6 Å². The van der Waals surface area contributed by atoms with Crippen molar-refractivity contribution in [1.82, 2.24) is 0 Å². The maximum Gasteiger partial charge on any atom is 0.530 e. The normalized spacial score (nSPS) is 16.7. The smallest absolute Gasteiger partial charge is 0.404 e. The number of phosphoric acid groups is 1. The zero-order valence-electron chi connectivity index (χ0n) is 20.8. The lowest BCUT2D eigenvalue weighted by atomic mass is 9.87. The maximum absolute atomic E-state index is 13.4. The minimum atomic E-state index is -3.69. The van der Waals surface area contributed by atoms with E-state index in [-0.39, 0.29) is 22.7 Å². The average Bonchev–Trinajstić information content (AvgIpc) is 2.62. The van der Waals surface area contributed by atoms with Gasteiger partial charge in [0, 0.05) is 0 Å². The summed E-state index contributed by atoms with van der Waals surface area (Å²) >= 11 is 0. The van der Waals surface area contributed by atoms with E-state index in [1.54, 1.807) is 12.1 Å². The number of hydrogen-bond acceptors (Lipinski definition) is 4. The fraction of sp³-hybridized carbons (Fsp3) is 0.760. The third-order valence-corrected chi connectivity index (χ3v) is 6.41. The van der Waals surface area contributed by atoms with Gasteiger partial charge in [-0.3, -0.25) is 9.05 Å². The van der Waals surface area contributed by atoms with Gasteiger partial charge in [0.25, 0.3) is 0 Å². The second-order valence-electron chi connectivity index (χ2n) is 11.4. The summed E-state index contributed by atoms with van der Waals surface area (Å²) in [7, 11) is -3.69. The molecule has 0 spiro atoms. The van der Waals surface area contributed by atoms with Gasteiger partial charge in [-0.05, 0) is 67.4 Å². The van der Waals surface area contributed by atoms with Gasteiger partial charge in [0.15, 0.2) is 0 Å². The Labute approximate surface area is 185 Å². The highest BCUT2D eigenvalue weighted by molar-refractivity contribution is 7.48. The highest BCUT2D eigenvalue weighted by Crippen LogP contribution is 2.50. The monoisotopic (exact) mass is 440 g/mol. The Hall–Kier alpha value is -0.830. The summed E-state index contributed by atoms with van der Waals surface area (Å²) in [5.41, 5.74) is 1.66. The van der Waals surface area contributed by atoms with Crippen LogP contribution in [0.15, 0.2) is 24.3 Å². The first-order valence-electron chi connectivity index (χ1n) is 11.3. The van der Waals surface area contributed by atoms with E-state index in [2.05, 4.69) is 55.4 Å². The Balaban J connectivity index is 2.72. The van der Waals surface area contributed by atoms with Crippen molar-refractivity contribution in [2.45, 2.75) is 88.0 Å². The second kappa shape index (κ2) is 11.7. The van der Waals surface area contributed by atoms with Crippen molar-refractivity contribution in [3.8, 4) is 5.75 Å². The second-order valence-corrected chi connectivity index (χ2v) is 12.9. The molecular formula is C25H45O4P. The summed E-state index contributed by atoms with van der Waals surface area (Å²) in [5, 5.41) is 0. The molecule has 174 valence electrons. The fourth-order valence-electron chi connectivity index (χ4n) is 2.78. The van der Waals surface area contributed by atoms with E-state index >= 15 is 0 Å². The predicted molar refractivity (Wildman–Crippen MR) is 127 cm³/mol. The molecule has 2 atom stereocenters. The lowest BCUT2D eigenvalue weighted by molar-refractivity contribution is 0.118. The molecule has 0 amide bonds. The largest absolute Gasteiger partial charge is 0.530 e. The third-order valence-electron chi connectivity index (χ3n) is 5.05. The van der Waals surface area contributed by atoms with Crippen molar-refractivity contribution < 1.29 is 18.1 Å². The zero-order chi connectivity index (χ0) is 23.0. The first kappa shape index (κ1) is 27.2. The van der Waals surface area contributed by atoms with E-state index in [4.69, 9.17) is 13.6 Å². The highest BCUT2D eigenvalue weighted by Gasteiger charge is 2.30. The summed E-state index contributed by atoms with van der Waals surface area (Å²) < 4.78 is 30.8. The molecule has 0 fully saturated rings. The van der Waals surface area contributed by atoms with Gasteiger partial charge in [-0.25, -0.2) is 4.57 Å². The van der Waals surface area contributed by atoms with Crippen LogP contribution in [0, 0.1) is 29.6 Å². The van der Waals surface area contributed by atoms with Crippen LogP contribution in [0.5, 0.6) is 5.75 Å². The Bertz CT molecular complexity index is 623. The van der Waals surface area contributed by atoms with Crippen LogP contribution >= 0.6 is 7.82 Å². The molecular weight excluding hydrogens is 395 g/mol. The summed E-state index contributed by atoms with van der Waals surface area (Å²) in [6.07, 6.45) is 4.20. The molecule has 0 saturated carbocycles. The first-order chi connectivity index (χ1) is 13.7. The van der Waals surface area contributed by atoms with Gasteiger partial charge in [0.05, 0.1) is 13.2 Å². The van der Waals surface area contributed by atoms with E-state index in [9.17, 15) is 4.57 Å². The molecule has 0 heterocycles. The molecule has 0 aromatic heterocycles. The topological polar surface area (TPSA) is 44.8 Å². The Morgan fingerprint density at radius 3 is 1.57 bits per heavy atom. The van der Waals surface area contributed by atoms with Crippen LogP contribution in [-0.4, -0.2) is 13.2 Å². The van der Waals surface area contributed by atoms with Crippen molar-refractivity contribution in [3.63, 3.8) is 0 Å². The molecule has 0 aliphatic carbocycles. The third kappa shape index (κ3) is 12.8. The molecule has 30 heavy (non-hydrogen) atoms. The van der Waals surface area contributed by atoms with Crippen molar-refractivity contribution in [2.75, 3.05) is 13.2 Å². The zero-order valence-corrected chi connectivity index (χ0v) is 21.7. The molecule has 0 N–H and O–H groups in total. The molecule has 4 nitrogen and oxygen atoms in total. The highest BCUT2D eigenvalue weighted by atomic mass is 31.2. The van der Waals surface area contributed by atoms with Crippen LogP contribution in [0.2, 0.25) is 0 Å². The number of benzene rings is 1. The standard InChI is InChI=1S/C25H45O4P/c1-20-10-12-23(13-11-20)29-30(26,27-18-21(2)14-16-24(4,5)6)28-19-22(3)15-17-25(7,8)9/h10-13,21-22H,14-19H2,1-9H3. The average molecular weight is 441 g/mol. The van der Waals surface area contributed by atoms with E-state index in [1.807, 2.05) is 19.1 Å².